The molecule has 4 unspecified atom stereocenters. The SMILES string of the molecule is CC12CC(c3ccc(SC4CC4)cc3)C3=C4CCC5(C[C@]4(O)CCC3C1CCC2=O)OCCO5. The number of allylic oxidation sites excluding steroid dienone is 1. The summed E-state index contributed by atoms with van der Waals surface area (Å²) in [4.78, 5) is 14.5. The molecule has 4 saturated carbocycles. The van der Waals surface area contributed by atoms with Crippen LogP contribution in [-0.4, -0.2) is 40.7 Å². The molecule has 182 valence electrons. The van der Waals surface area contributed by atoms with E-state index in [4.69, 9.17) is 9.47 Å². The second-order valence-corrected chi connectivity index (χ2v) is 13.4. The van der Waals surface area contributed by atoms with E-state index in [0.717, 1.165) is 50.2 Å². The number of ketones is 1. The van der Waals surface area contributed by atoms with Gasteiger partial charge >= 0.3 is 0 Å². The van der Waals surface area contributed by atoms with Gasteiger partial charge in [0.05, 0.1) is 18.8 Å². The number of hydrogen-bond acceptors (Lipinski definition) is 5. The Morgan fingerprint density at radius 2 is 1.76 bits per heavy atom. The zero-order valence-electron chi connectivity index (χ0n) is 20.2. The van der Waals surface area contributed by atoms with E-state index in [1.54, 1.807) is 0 Å². The topological polar surface area (TPSA) is 55.8 Å². The van der Waals surface area contributed by atoms with Crippen molar-refractivity contribution in [2.24, 2.45) is 17.3 Å². The molecule has 34 heavy (non-hydrogen) atoms. The molecule has 0 amide bonds. The molecule has 1 saturated heterocycles. The minimum Gasteiger partial charge on any atom is -0.385 e. The first-order chi connectivity index (χ1) is 16.4. The van der Waals surface area contributed by atoms with Crippen molar-refractivity contribution in [1.29, 1.82) is 0 Å². The van der Waals surface area contributed by atoms with Gasteiger partial charge in [-0.15, -0.1) is 11.8 Å². The molecule has 5 fully saturated rings. The fourth-order valence-corrected chi connectivity index (χ4v) is 9.29. The third-order valence-corrected chi connectivity index (χ3v) is 11.4. The molecule has 0 aromatic heterocycles. The molecule has 1 aromatic carbocycles. The Hall–Kier alpha value is -1.14. The van der Waals surface area contributed by atoms with E-state index in [-0.39, 0.29) is 11.3 Å². The molecule has 1 N–H and O–H groups in total. The van der Waals surface area contributed by atoms with Gasteiger partial charge in [-0.1, -0.05) is 24.6 Å². The van der Waals surface area contributed by atoms with Crippen LogP contribution in [0.2, 0.25) is 0 Å². The minimum atomic E-state index is -0.842. The van der Waals surface area contributed by atoms with Gasteiger partial charge in [-0.2, -0.15) is 0 Å². The molecule has 6 aliphatic rings. The molecule has 7 rings (SSSR count). The second-order valence-electron chi connectivity index (χ2n) is 12.0. The summed E-state index contributed by atoms with van der Waals surface area (Å²) >= 11 is 2.00. The first-order valence-corrected chi connectivity index (χ1v) is 14.3. The van der Waals surface area contributed by atoms with E-state index in [1.165, 1.54) is 34.4 Å². The Kier molecular flexibility index (Phi) is 4.99. The number of rotatable bonds is 3. The van der Waals surface area contributed by atoms with Gasteiger partial charge in [0.15, 0.2) is 5.79 Å². The van der Waals surface area contributed by atoms with Crippen LogP contribution in [0.25, 0.3) is 0 Å². The molecular weight excluding hydrogens is 444 g/mol. The summed E-state index contributed by atoms with van der Waals surface area (Å²) < 4.78 is 12.1. The van der Waals surface area contributed by atoms with E-state index in [2.05, 4.69) is 31.2 Å². The number of benzene rings is 1. The lowest BCUT2D eigenvalue weighted by Gasteiger charge is -2.55. The maximum atomic E-state index is 13.2. The Labute approximate surface area is 206 Å². The van der Waals surface area contributed by atoms with Crippen LogP contribution in [0.1, 0.15) is 82.6 Å². The largest absolute Gasteiger partial charge is 0.385 e. The molecule has 1 heterocycles. The number of fused-ring (bicyclic) bond motifs is 4. The predicted octanol–water partition coefficient (Wildman–Crippen LogP) is 5.78. The summed E-state index contributed by atoms with van der Waals surface area (Å²) in [7, 11) is 0. The summed E-state index contributed by atoms with van der Waals surface area (Å²) in [6, 6.07) is 9.19. The van der Waals surface area contributed by atoms with Gasteiger partial charge in [0.25, 0.3) is 0 Å². The number of thioether (sulfide) groups is 1. The molecule has 5 aliphatic carbocycles. The molecular formula is C29H36O4S. The maximum Gasteiger partial charge on any atom is 0.171 e. The van der Waals surface area contributed by atoms with Crippen molar-refractivity contribution in [3.8, 4) is 0 Å². The summed E-state index contributed by atoms with van der Waals surface area (Å²) in [5.74, 6) is 0.904. The summed E-state index contributed by atoms with van der Waals surface area (Å²) in [6.07, 6.45) is 9.22. The Bertz CT molecular complexity index is 1040. The van der Waals surface area contributed by atoms with Crippen LogP contribution < -0.4 is 0 Å². The lowest BCUT2D eigenvalue weighted by Crippen LogP contribution is -2.53. The second kappa shape index (κ2) is 7.68. The summed E-state index contributed by atoms with van der Waals surface area (Å²) in [5.41, 5.74) is 2.98. The minimum absolute atomic E-state index is 0.217. The van der Waals surface area contributed by atoms with Crippen molar-refractivity contribution in [3.63, 3.8) is 0 Å². The van der Waals surface area contributed by atoms with E-state index in [0.29, 0.717) is 37.3 Å². The van der Waals surface area contributed by atoms with Crippen LogP contribution in [0.4, 0.5) is 0 Å². The van der Waals surface area contributed by atoms with Crippen LogP contribution in [0.3, 0.4) is 0 Å². The number of carbonyl (C=O) groups excluding carboxylic acids is 1. The van der Waals surface area contributed by atoms with E-state index in [1.807, 2.05) is 11.8 Å². The average molecular weight is 481 g/mol. The van der Waals surface area contributed by atoms with Crippen LogP contribution in [0.15, 0.2) is 40.3 Å². The quantitative estimate of drug-likeness (QED) is 0.556. The molecule has 5 heteroatoms. The van der Waals surface area contributed by atoms with Crippen LogP contribution >= 0.6 is 11.8 Å². The van der Waals surface area contributed by atoms with Crippen molar-refractivity contribution in [2.75, 3.05) is 13.2 Å². The predicted molar refractivity (Wildman–Crippen MR) is 132 cm³/mol. The molecule has 0 bridgehead atoms. The maximum absolute atomic E-state index is 13.2. The monoisotopic (exact) mass is 480 g/mol. The van der Waals surface area contributed by atoms with Crippen molar-refractivity contribution in [3.05, 3.63) is 41.0 Å². The Morgan fingerprint density at radius 1 is 1.00 bits per heavy atom. The van der Waals surface area contributed by atoms with Crippen molar-refractivity contribution in [2.45, 2.75) is 98.6 Å². The molecule has 4 nitrogen and oxygen atoms in total. The standard InChI is InChI=1S/C29H36O4S/c1-27-16-22(18-2-4-19(5-3-18)34-20-6-7-20)26-21(23(27)8-9-25(27)30)10-12-28(31)17-29(13-11-24(26)28)32-14-15-33-29/h2-5,20-23,31H,6-17H2,1H3/t21?,22?,23?,27?,28-/m1/s1. The number of Topliss-reactive ketones (excluding diaryl/α,β-unsaturated/α-hetero) is 1. The summed E-state index contributed by atoms with van der Waals surface area (Å²) in [5, 5.41) is 12.8. The van der Waals surface area contributed by atoms with Crippen LogP contribution in [-0.2, 0) is 14.3 Å². The third-order valence-electron chi connectivity index (χ3n) is 10.0. The molecule has 5 atom stereocenters. The Morgan fingerprint density at radius 3 is 2.50 bits per heavy atom. The van der Waals surface area contributed by atoms with Crippen LogP contribution in [0, 0.1) is 17.3 Å². The normalized spacial score (nSPS) is 40.9. The fraction of sp³-hybridized carbons (Fsp3) is 0.690. The van der Waals surface area contributed by atoms with E-state index >= 15 is 0 Å². The molecule has 1 aliphatic heterocycles. The van der Waals surface area contributed by atoms with Crippen molar-refractivity contribution >= 4 is 17.5 Å². The highest BCUT2D eigenvalue weighted by atomic mass is 32.2. The molecule has 1 spiro atoms. The smallest absolute Gasteiger partial charge is 0.171 e. The lowest BCUT2D eigenvalue weighted by molar-refractivity contribution is -0.208. The van der Waals surface area contributed by atoms with Crippen LogP contribution in [0.5, 0.6) is 0 Å². The number of hydrogen-bond donors (Lipinski definition) is 1. The highest BCUT2D eigenvalue weighted by Gasteiger charge is 2.60. The number of aliphatic hydroxyl groups is 1. The van der Waals surface area contributed by atoms with Gasteiger partial charge < -0.3 is 14.6 Å². The van der Waals surface area contributed by atoms with Gasteiger partial charge in [-0.3, -0.25) is 4.79 Å². The highest BCUT2D eigenvalue weighted by molar-refractivity contribution is 8.00. The Balaban J connectivity index is 1.31. The number of carbonyl (C=O) groups is 1. The zero-order valence-corrected chi connectivity index (χ0v) is 21.0. The fourth-order valence-electron chi connectivity index (χ4n) is 8.24. The lowest BCUT2D eigenvalue weighted by atomic mass is 9.51. The third kappa shape index (κ3) is 3.33. The number of ether oxygens (including phenoxy) is 2. The van der Waals surface area contributed by atoms with Crippen molar-refractivity contribution in [1.82, 2.24) is 0 Å². The van der Waals surface area contributed by atoms with Gasteiger partial charge in [0, 0.05) is 40.7 Å². The van der Waals surface area contributed by atoms with Gasteiger partial charge in [-0.25, -0.2) is 0 Å². The molecule has 1 aromatic rings. The van der Waals surface area contributed by atoms with Gasteiger partial charge in [-0.05, 0) is 80.1 Å². The molecule has 0 radical (unpaired) electrons. The van der Waals surface area contributed by atoms with E-state index in [9.17, 15) is 9.90 Å². The summed E-state index contributed by atoms with van der Waals surface area (Å²) in [6.45, 7) is 3.50. The first-order valence-electron chi connectivity index (χ1n) is 13.4. The zero-order chi connectivity index (χ0) is 23.1. The first kappa shape index (κ1) is 22.1. The van der Waals surface area contributed by atoms with Gasteiger partial charge in [0.1, 0.15) is 5.78 Å². The van der Waals surface area contributed by atoms with E-state index < -0.39 is 11.4 Å². The highest BCUT2D eigenvalue weighted by Crippen LogP contribution is 2.64. The average Bonchev–Trinajstić information content (AvgIpc) is 3.45. The van der Waals surface area contributed by atoms with Gasteiger partial charge in [0.2, 0.25) is 0 Å². The van der Waals surface area contributed by atoms with Crippen molar-refractivity contribution < 1.29 is 19.4 Å².